The Hall–Kier alpha value is -13.7. The van der Waals surface area contributed by atoms with Crippen LogP contribution >= 0.6 is 0 Å². The van der Waals surface area contributed by atoms with Crippen LogP contribution in [0.2, 0.25) is 0 Å². The van der Waals surface area contributed by atoms with Crippen molar-refractivity contribution in [1.29, 1.82) is 0 Å². The lowest BCUT2D eigenvalue weighted by molar-refractivity contribution is -0.133. The molecule has 5 aliphatic rings. The summed E-state index contributed by atoms with van der Waals surface area (Å²) in [5, 5.41) is 54.9. The smallest absolute Gasteiger partial charge is 0.272 e. The van der Waals surface area contributed by atoms with Gasteiger partial charge in [-0.2, -0.15) is 20.4 Å². The average Bonchev–Trinajstić information content (AvgIpc) is 1.07. The second-order valence-electron chi connectivity index (χ2n) is 33.1. The zero-order valence-corrected chi connectivity index (χ0v) is 73.4. The second kappa shape index (κ2) is 47.2. The number of nitrogens with zero attached hydrogens (tertiary/aromatic N) is 16. The van der Waals surface area contributed by atoms with E-state index in [-0.39, 0.29) is 111 Å². The lowest BCUT2D eigenvalue weighted by Gasteiger charge is -2.35. The van der Waals surface area contributed by atoms with E-state index in [2.05, 4.69) is 77.5 Å². The molecule has 12 aromatic rings. The van der Waals surface area contributed by atoms with E-state index in [4.69, 9.17) is 15.2 Å². The van der Waals surface area contributed by atoms with Crippen LogP contribution in [0.4, 0.5) is 17.6 Å². The number of alkyl halides is 2. The highest BCUT2D eigenvalue weighted by molar-refractivity contribution is 5.96. The van der Waals surface area contributed by atoms with Gasteiger partial charge in [0.05, 0.1) is 70.6 Å². The van der Waals surface area contributed by atoms with Gasteiger partial charge in [0.15, 0.2) is 12.7 Å². The Balaban J connectivity index is 0.000000167. The molecule has 3 aliphatic carbocycles. The molecule has 3 atom stereocenters. The Labute approximate surface area is 759 Å². The van der Waals surface area contributed by atoms with Crippen LogP contribution in [0.15, 0.2) is 198 Å². The number of H-pyrrole nitrogens is 2. The van der Waals surface area contributed by atoms with Crippen LogP contribution in [-0.2, 0) is 73.7 Å². The van der Waals surface area contributed by atoms with Crippen molar-refractivity contribution in [3.8, 4) is 34.0 Å². The molecule has 2 aliphatic heterocycles. The van der Waals surface area contributed by atoms with Crippen molar-refractivity contribution in [3.63, 3.8) is 0 Å². The highest BCUT2D eigenvalue weighted by Gasteiger charge is 2.35. The van der Waals surface area contributed by atoms with Crippen molar-refractivity contribution in [1.82, 2.24) is 91.0 Å². The molecule has 684 valence electrons. The predicted octanol–water partition coefficient (Wildman–Crippen LogP) is 12.8. The molecule has 1 saturated carbocycles. The lowest BCUT2D eigenvalue weighted by atomic mass is 9.90. The van der Waals surface area contributed by atoms with Gasteiger partial charge in [-0.05, 0) is 159 Å². The maximum atomic E-state index is 15.0. The Bertz CT molecular complexity index is 6110. The topological polar surface area (TPSA) is 380 Å². The van der Waals surface area contributed by atoms with Crippen molar-refractivity contribution in [3.05, 3.63) is 282 Å². The van der Waals surface area contributed by atoms with E-state index < -0.39 is 30.1 Å². The van der Waals surface area contributed by atoms with Crippen LogP contribution in [0.25, 0.3) is 55.6 Å². The van der Waals surface area contributed by atoms with Crippen molar-refractivity contribution in [2.45, 2.75) is 154 Å². The van der Waals surface area contributed by atoms with E-state index in [1.54, 1.807) is 61.6 Å². The van der Waals surface area contributed by atoms with Crippen LogP contribution in [0, 0.1) is 17.6 Å². The highest BCUT2D eigenvalue weighted by atomic mass is 19.1. The molecule has 3 unspecified atom stereocenters. The number of carbonyl (C=O) groups is 6. The molecular weight excluding hydrogens is 1690 g/mol. The van der Waals surface area contributed by atoms with Gasteiger partial charge in [-0.25, -0.2) is 27.8 Å². The number of rotatable bonds is 30. The van der Waals surface area contributed by atoms with E-state index >= 15 is 0 Å². The molecule has 33 heteroatoms. The van der Waals surface area contributed by atoms with Crippen LogP contribution in [-0.4, -0.2) is 217 Å². The Morgan fingerprint density at radius 2 is 0.909 bits per heavy atom. The summed E-state index contributed by atoms with van der Waals surface area (Å²) < 4.78 is 65.5. The second-order valence-corrected chi connectivity index (χ2v) is 33.1. The van der Waals surface area contributed by atoms with Crippen molar-refractivity contribution in [2.24, 2.45) is 11.7 Å². The molecule has 2 saturated heterocycles. The van der Waals surface area contributed by atoms with E-state index in [1.807, 2.05) is 103 Å². The molecule has 3 fully saturated rings. The van der Waals surface area contributed by atoms with Crippen molar-refractivity contribution < 1.29 is 55.8 Å². The van der Waals surface area contributed by atoms with Crippen LogP contribution in [0.5, 0.6) is 0 Å². The summed E-state index contributed by atoms with van der Waals surface area (Å²) in [6.07, 6.45) is 20.8. The fourth-order valence-corrected chi connectivity index (χ4v) is 17.4. The van der Waals surface area contributed by atoms with Crippen LogP contribution in [0.1, 0.15) is 167 Å². The summed E-state index contributed by atoms with van der Waals surface area (Å²) in [4.78, 5) is 109. The molecule has 4 N–H and O–H groups in total. The first-order chi connectivity index (χ1) is 64.4. The Kier molecular flexibility index (Phi) is 33.8. The Morgan fingerprint density at radius 1 is 0.455 bits per heavy atom. The van der Waals surface area contributed by atoms with Gasteiger partial charge in [-0.1, -0.05) is 133 Å². The Morgan fingerprint density at radius 3 is 1.39 bits per heavy atom. The number of aromatic nitrogens is 14. The number of aromatic amines is 2. The number of ketones is 2. The largest absolute Gasteiger partial charge is 0.375 e. The third-order valence-corrected chi connectivity index (χ3v) is 24.5. The standard InChI is InChI=1S/C45H48F2N6O5.C35H33FN8O4.C10H15FO.C9H9N5/c46-21-26-58-35-7-3-5-33-29-48-50-43(36(33)19-18-35)32-15-11-30(12-16-32)13-17-34(54)6-4-10-42(55)52-22-24-53(25-23-52)45(57)39-27-31(14-20-40(39)47)28-41-37-8-1-2-9-38(37)44(56)51-49-41;36-30-15-11-24(21-31-27-5-1-2-6-28(27)34(47)42-39-31)20-29(30)35(48)44-18-16-43(17-19-44)32(46)7-3-4-26(45)14-10-23-8-12-25(13-9-23)33-40-37-22-38-41-33;11-6-7-12-10-5-4-8-2-1-3-9(8)10;10-5-7-1-3-8(4-2-7)9-13-11-6-12-14-9/h1-2,8-9,11-12,14-16,20,27,29,35H,3-7,10,13,17-19,21-26,28H2,(H,51,56);1-2,5-6,8-9,11-13,15,20,22H,3-4,7,10,14,16-19,21H2,(H,42,47);2,9-10H,1,3-7H2;1-4,6H,5,10H2/i46-1;;11-1;. The third kappa shape index (κ3) is 25.5. The summed E-state index contributed by atoms with van der Waals surface area (Å²) in [6.45, 7) is 2.57. The molecule has 0 spiro atoms. The first-order valence-corrected chi connectivity index (χ1v) is 45.0. The molecule has 0 bridgehead atoms. The van der Waals surface area contributed by atoms with Crippen LogP contribution in [0.3, 0.4) is 0 Å². The maximum Gasteiger partial charge on any atom is 0.272 e. The monoisotopic (exact) mass is 1790 g/mol. The fourth-order valence-electron chi connectivity index (χ4n) is 17.4. The molecule has 29 nitrogen and oxygen atoms in total. The number of allylic oxidation sites excluding steroid dienone is 1. The summed E-state index contributed by atoms with van der Waals surface area (Å²) in [5.41, 5.74) is 18.0. The maximum absolute atomic E-state index is 15.0. The molecule has 132 heavy (non-hydrogen) atoms. The van der Waals surface area contributed by atoms with Gasteiger partial charge in [-0.3, -0.25) is 38.4 Å². The number of carbonyl (C=O) groups excluding carboxylic acids is 6. The number of nitrogens with two attached hydrogens (primary N) is 1. The SMILES string of the molecule is NCc1ccc(-c2nncnn2)cc1.O=C(CCCC(=O)N1CCN(C(=O)c2cc(Cc3n[nH]c(=O)c4ccccc34)ccc2F)CC1)CCc1ccc(-c2nncc3c2CCC(OCC[18F])CCC3)cc1.O=C(CCCC(=O)N1CCN(C(=O)c2cc(Cc3n[nH]c(=O)c4ccccc34)ccc2F)CC1)CCc1ccc(-c2nncnn2)cc1.[18F]CCOC1CCC2=CCCC21. The van der Waals surface area contributed by atoms with Gasteiger partial charge in [0.25, 0.3) is 22.9 Å². The first-order valence-electron chi connectivity index (χ1n) is 45.0. The van der Waals surface area contributed by atoms with E-state index in [0.717, 1.165) is 77.6 Å². The number of hydrogen-bond acceptors (Lipinski definition) is 23. The summed E-state index contributed by atoms with van der Waals surface area (Å²) in [7, 11) is 0. The first kappa shape index (κ1) is 94.5. The summed E-state index contributed by atoms with van der Waals surface area (Å²) in [5.74, 6) is -0.481. The number of fused-ring (bicyclic) bond motifs is 4. The number of ether oxygens (including phenoxy) is 2. The number of Topliss-reactive ketones (excluding diaryl/α,β-unsaturated/α-hetero) is 2. The molecule has 5 aromatic heterocycles. The summed E-state index contributed by atoms with van der Waals surface area (Å²) in [6, 6.07) is 46.4. The minimum atomic E-state index is -0.628. The number of nitrogens with one attached hydrogen (secondary N) is 2. The molecule has 17 rings (SSSR count). The average molecular weight is 1800 g/mol. The van der Waals surface area contributed by atoms with Gasteiger partial charge in [0, 0.05) is 144 Å². The number of halogens is 4. The predicted molar refractivity (Wildman–Crippen MR) is 487 cm³/mol. The van der Waals surface area contributed by atoms with Gasteiger partial charge < -0.3 is 34.8 Å². The minimum Gasteiger partial charge on any atom is -0.375 e. The fraction of sp³-hybridized carbons (Fsp3) is 0.374. The minimum absolute atomic E-state index is 0.0445. The molecule has 7 aromatic carbocycles. The van der Waals surface area contributed by atoms with Crippen LogP contribution < -0.4 is 16.9 Å². The quantitative estimate of drug-likeness (QED) is 0.0278. The van der Waals surface area contributed by atoms with E-state index in [9.17, 15) is 55.9 Å². The van der Waals surface area contributed by atoms with Gasteiger partial charge >= 0.3 is 0 Å². The zero-order valence-electron chi connectivity index (χ0n) is 73.4. The summed E-state index contributed by atoms with van der Waals surface area (Å²) >= 11 is 0. The third-order valence-electron chi connectivity index (χ3n) is 24.5. The number of benzene rings is 7. The highest BCUT2D eigenvalue weighted by Crippen LogP contribution is 2.41. The van der Waals surface area contributed by atoms with E-state index in [0.29, 0.717) is 165 Å². The van der Waals surface area contributed by atoms with Crippen molar-refractivity contribution in [2.75, 3.05) is 78.9 Å². The van der Waals surface area contributed by atoms with E-state index in [1.165, 1.54) is 67.3 Å². The van der Waals surface area contributed by atoms with Gasteiger partial charge in [0.2, 0.25) is 23.5 Å². The zero-order chi connectivity index (χ0) is 92.1. The number of hydrogen-bond donors (Lipinski definition) is 3. The van der Waals surface area contributed by atoms with Gasteiger partial charge in [-0.15, -0.1) is 40.8 Å². The van der Waals surface area contributed by atoms with Gasteiger partial charge in [0.1, 0.15) is 36.6 Å². The van der Waals surface area contributed by atoms with Crippen molar-refractivity contribution >= 4 is 56.7 Å². The number of aryl methyl sites for hydroxylation is 3. The number of amides is 4. The molecule has 4 amide bonds. The normalized spacial score (nSPS) is 15.8. The lowest BCUT2D eigenvalue weighted by Crippen LogP contribution is -2.50. The molecular formula is C99H105F4N19O10. The molecule has 0 radical (unpaired) electrons. The molecule has 7 heterocycles. The number of piperazine rings is 2.